The molecule has 1 aliphatic heterocycles. The third-order valence-electron chi connectivity index (χ3n) is 3.44. The van der Waals surface area contributed by atoms with E-state index in [0.29, 0.717) is 6.04 Å². The van der Waals surface area contributed by atoms with Crippen LogP contribution in [0, 0.1) is 0 Å². The highest BCUT2D eigenvalue weighted by molar-refractivity contribution is 7.15. The average Bonchev–Trinajstić information content (AvgIpc) is 3.11. The van der Waals surface area contributed by atoms with Gasteiger partial charge in [-0.05, 0) is 24.9 Å². The highest BCUT2D eigenvalue weighted by Gasteiger charge is 2.13. The molecule has 2 heterocycles. The zero-order chi connectivity index (χ0) is 12.9. The Bertz CT molecular complexity index is 503. The highest BCUT2D eigenvalue weighted by Crippen LogP contribution is 2.25. The summed E-state index contributed by atoms with van der Waals surface area (Å²) in [5.74, 6) is 0. The van der Waals surface area contributed by atoms with Crippen LogP contribution in [-0.4, -0.2) is 24.1 Å². The van der Waals surface area contributed by atoms with Gasteiger partial charge in [0.05, 0.1) is 4.88 Å². The smallest absolute Gasteiger partial charge is 0.107 e. The van der Waals surface area contributed by atoms with Crippen LogP contribution in [0.15, 0.2) is 36.5 Å². The van der Waals surface area contributed by atoms with E-state index in [2.05, 4.69) is 39.9 Å². The first-order chi connectivity index (χ1) is 9.42. The molecule has 0 amide bonds. The Kier molecular flexibility index (Phi) is 4.23. The van der Waals surface area contributed by atoms with E-state index in [0.717, 1.165) is 18.1 Å². The second-order valence-electron chi connectivity index (χ2n) is 4.91. The van der Waals surface area contributed by atoms with Crippen molar-refractivity contribution >= 4 is 11.3 Å². The molecule has 0 aliphatic carbocycles. The van der Waals surface area contributed by atoms with Crippen molar-refractivity contribution in [3.05, 3.63) is 41.5 Å². The van der Waals surface area contributed by atoms with Crippen LogP contribution in [0.2, 0.25) is 0 Å². The van der Waals surface area contributed by atoms with Gasteiger partial charge in [0.1, 0.15) is 5.01 Å². The Morgan fingerprint density at radius 3 is 3.00 bits per heavy atom. The van der Waals surface area contributed by atoms with E-state index >= 15 is 0 Å². The second kappa shape index (κ2) is 6.28. The van der Waals surface area contributed by atoms with Crippen molar-refractivity contribution in [2.45, 2.75) is 25.4 Å². The summed E-state index contributed by atoms with van der Waals surface area (Å²) < 4.78 is 0. The molecule has 1 atom stereocenters. The van der Waals surface area contributed by atoms with E-state index in [1.54, 1.807) is 11.3 Å². The summed E-state index contributed by atoms with van der Waals surface area (Å²) in [7, 11) is 0. The summed E-state index contributed by atoms with van der Waals surface area (Å²) in [5.41, 5.74) is 1.25. The zero-order valence-corrected chi connectivity index (χ0v) is 11.7. The molecule has 100 valence electrons. The predicted molar refractivity (Wildman–Crippen MR) is 80.3 cm³/mol. The van der Waals surface area contributed by atoms with Gasteiger partial charge >= 0.3 is 0 Å². The van der Waals surface area contributed by atoms with Crippen molar-refractivity contribution in [2.24, 2.45) is 0 Å². The standard InChI is InChI=1S/C15H19N3S/c1-2-5-12(6-3-1)14-10-18-15(19-14)11-16-9-13-7-4-8-17-13/h1-3,5-6,10,13,16-17H,4,7-9,11H2/t13-/m0/s1. The van der Waals surface area contributed by atoms with Crippen LogP contribution >= 0.6 is 11.3 Å². The first-order valence-corrected chi connectivity index (χ1v) is 7.68. The number of nitrogens with one attached hydrogen (secondary N) is 2. The number of aromatic nitrogens is 1. The van der Waals surface area contributed by atoms with E-state index in [1.165, 1.54) is 29.8 Å². The highest BCUT2D eigenvalue weighted by atomic mass is 32.1. The quantitative estimate of drug-likeness (QED) is 0.879. The summed E-state index contributed by atoms with van der Waals surface area (Å²) in [6.45, 7) is 3.08. The maximum absolute atomic E-state index is 4.49. The first kappa shape index (κ1) is 12.8. The molecule has 0 unspecified atom stereocenters. The molecule has 2 aromatic rings. The van der Waals surface area contributed by atoms with Crippen molar-refractivity contribution in [3.63, 3.8) is 0 Å². The maximum atomic E-state index is 4.49. The van der Waals surface area contributed by atoms with Gasteiger partial charge in [-0.3, -0.25) is 0 Å². The fourth-order valence-corrected chi connectivity index (χ4v) is 3.30. The monoisotopic (exact) mass is 273 g/mol. The number of nitrogens with zero attached hydrogens (tertiary/aromatic N) is 1. The van der Waals surface area contributed by atoms with Crippen LogP contribution in [0.25, 0.3) is 10.4 Å². The number of hydrogen-bond acceptors (Lipinski definition) is 4. The average molecular weight is 273 g/mol. The van der Waals surface area contributed by atoms with E-state index in [-0.39, 0.29) is 0 Å². The van der Waals surface area contributed by atoms with Crippen LogP contribution in [0.3, 0.4) is 0 Å². The lowest BCUT2D eigenvalue weighted by Crippen LogP contribution is -2.33. The lowest BCUT2D eigenvalue weighted by Gasteiger charge is -2.09. The van der Waals surface area contributed by atoms with Crippen molar-refractivity contribution < 1.29 is 0 Å². The SMILES string of the molecule is c1ccc(-c2cnc(CNC[C@@H]3CCCN3)s2)cc1. The normalized spacial score (nSPS) is 18.8. The fraction of sp³-hybridized carbons (Fsp3) is 0.400. The largest absolute Gasteiger partial charge is 0.313 e. The van der Waals surface area contributed by atoms with Crippen molar-refractivity contribution in [1.82, 2.24) is 15.6 Å². The molecule has 1 saturated heterocycles. The lowest BCUT2D eigenvalue weighted by atomic mass is 10.2. The minimum atomic E-state index is 0.647. The Morgan fingerprint density at radius 1 is 1.32 bits per heavy atom. The van der Waals surface area contributed by atoms with Crippen molar-refractivity contribution in [1.29, 1.82) is 0 Å². The fourth-order valence-electron chi connectivity index (χ4n) is 2.41. The Labute approximate surface area is 118 Å². The molecule has 1 fully saturated rings. The summed E-state index contributed by atoms with van der Waals surface area (Å²) in [6.07, 6.45) is 4.58. The molecule has 4 heteroatoms. The molecule has 0 bridgehead atoms. The van der Waals surface area contributed by atoms with Crippen LogP contribution in [0.5, 0.6) is 0 Å². The third-order valence-corrected chi connectivity index (χ3v) is 4.49. The molecule has 1 aromatic carbocycles. The van der Waals surface area contributed by atoms with Gasteiger partial charge in [-0.2, -0.15) is 0 Å². The number of benzene rings is 1. The van der Waals surface area contributed by atoms with Gasteiger partial charge in [0.15, 0.2) is 0 Å². The molecule has 1 aliphatic rings. The van der Waals surface area contributed by atoms with Gasteiger partial charge < -0.3 is 10.6 Å². The summed E-state index contributed by atoms with van der Waals surface area (Å²) >= 11 is 1.77. The molecule has 3 nitrogen and oxygen atoms in total. The van der Waals surface area contributed by atoms with Gasteiger partial charge in [-0.15, -0.1) is 11.3 Å². The van der Waals surface area contributed by atoms with Crippen LogP contribution < -0.4 is 10.6 Å². The van der Waals surface area contributed by atoms with Crippen LogP contribution in [0.1, 0.15) is 17.8 Å². The maximum Gasteiger partial charge on any atom is 0.107 e. The van der Waals surface area contributed by atoms with E-state index in [9.17, 15) is 0 Å². The predicted octanol–water partition coefficient (Wildman–Crippen LogP) is 2.65. The number of hydrogen-bond donors (Lipinski definition) is 2. The van der Waals surface area contributed by atoms with Crippen molar-refractivity contribution in [3.8, 4) is 10.4 Å². The molecule has 0 spiro atoms. The van der Waals surface area contributed by atoms with Gasteiger partial charge in [-0.1, -0.05) is 30.3 Å². The molecular formula is C15H19N3S. The number of rotatable bonds is 5. The Morgan fingerprint density at radius 2 is 2.21 bits per heavy atom. The molecular weight excluding hydrogens is 254 g/mol. The Balaban J connectivity index is 1.53. The van der Waals surface area contributed by atoms with Gasteiger partial charge in [0.2, 0.25) is 0 Å². The summed E-state index contributed by atoms with van der Waals surface area (Å²) in [4.78, 5) is 5.74. The van der Waals surface area contributed by atoms with Crippen LogP contribution in [-0.2, 0) is 6.54 Å². The van der Waals surface area contributed by atoms with Crippen LogP contribution in [0.4, 0.5) is 0 Å². The molecule has 3 rings (SSSR count). The lowest BCUT2D eigenvalue weighted by molar-refractivity contribution is 0.535. The van der Waals surface area contributed by atoms with Gasteiger partial charge in [0, 0.05) is 25.3 Å². The second-order valence-corrected chi connectivity index (χ2v) is 6.02. The third kappa shape index (κ3) is 3.41. The molecule has 0 saturated carbocycles. The Hall–Kier alpha value is -1.23. The zero-order valence-electron chi connectivity index (χ0n) is 10.9. The molecule has 0 radical (unpaired) electrons. The minimum Gasteiger partial charge on any atom is -0.313 e. The summed E-state index contributed by atoms with van der Waals surface area (Å²) in [5, 5.41) is 8.15. The van der Waals surface area contributed by atoms with Gasteiger partial charge in [0.25, 0.3) is 0 Å². The molecule has 2 N–H and O–H groups in total. The number of thiazole rings is 1. The molecule has 19 heavy (non-hydrogen) atoms. The summed E-state index contributed by atoms with van der Waals surface area (Å²) in [6, 6.07) is 11.1. The van der Waals surface area contributed by atoms with Crippen molar-refractivity contribution in [2.75, 3.05) is 13.1 Å². The molecule has 1 aromatic heterocycles. The first-order valence-electron chi connectivity index (χ1n) is 6.86. The van der Waals surface area contributed by atoms with E-state index < -0.39 is 0 Å². The topological polar surface area (TPSA) is 37.0 Å². The van der Waals surface area contributed by atoms with Gasteiger partial charge in [-0.25, -0.2) is 4.98 Å². The van der Waals surface area contributed by atoms with E-state index in [4.69, 9.17) is 0 Å². The van der Waals surface area contributed by atoms with E-state index in [1.807, 2.05) is 12.3 Å². The minimum absolute atomic E-state index is 0.647.